The lowest BCUT2D eigenvalue weighted by molar-refractivity contribution is -0.131. The Morgan fingerprint density at radius 1 is 1.45 bits per heavy atom. The molecule has 2 fully saturated rings. The molecule has 7 heteroatoms. The fourth-order valence-corrected chi connectivity index (χ4v) is 3.93. The van der Waals surface area contributed by atoms with E-state index >= 15 is 0 Å². The van der Waals surface area contributed by atoms with Crippen molar-refractivity contribution in [3.05, 3.63) is 11.1 Å². The van der Waals surface area contributed by atoms with Crippen molar-refractivity contribution in [1.29, 1.82) is 0 Å². The van der Waals surface area contributed by atoms with E-state index in [0.717, 1.165) is 49.7 Å². The number of thiazole rings is 1. The summed E-state index contributed by atoms with van der Waals surface area (Å²) in [5.41, 5.74) is 0.774. The highest BCUT2D eigenvalue weighted by Gasteiger charge is 2.26. The Morgan fingerprint density at radius 3 is 3.05 bits per heavy atom. The van der Waals surface area contributed by atoms with Crippen LogP contribution in [-0.2, 0) is 16.0 Å². The fourth-order valence-electron chi connectivity index (χ4n) is 3.06. The third-order valence-electron chi connectivity index (χ3n) is 4.36. The molecular weight excluding hydrogens is 300 g/mol. The molecule has 2 aliphatic rings. The zero-order valence-corrected chi connectivity index (χ0v) is 13.7. The second kappa shape index (κ2) is 6.75. The first-order valence-electron chi connectivity index (χ1n) is 7.87. The van der Waals surface area contributed by atoms with E-state index in [2.05, 4.69) is 10.3 Å². The summed E-state index contributed by atoms with van der Waals surface area (Å²) in [5.74, 6) is 0.268. The second-order valence-electron chi connectivity index (χ2n) is 5.91. The van der Waals surface area contributed by atoms with E-state index in [0.29, 0.717) is 18.9 Å². The number of likely N-dealkylation sites (N-methyl/N-ethyl adjacent to an activating group) is 1. The summed E-state index contributed by atoms with van der Waals surface area (Å²) in [6.45, 7) is 2.35. The summed E-state index contributed by atoms with van der Waals surface area (Å²) in [7, 11) is 1.94. The third-order valence-corrected chi connectivity index (χ3v) is 5.27. The average Bonchev–Trinajstić information content (AvgIpc) is 3.16. The zero-order chi connectivity index (χ0) is 15.5. The highest BCUT2D eigenvalue weighted by atomic mass is 32.1. The molecule has 0 bridgehead atoms. The molecule has 3 rings (SSSR count). The summed E-state index contributed by atoms with van der Waals surface area (Å²) in [5, 5.41) is 5.88. The predicted octanol–water partition coefficient (Wildman–Crippen LogP) is 1.02. The maximum absolute atomic E-state index is 12.4. The van der Waals surface area contributed by atoms with Gasteiger partial charge in [-0.3, -0.25) is 14.5 Å². The summed E-state index contributed by atoms with van der Waals surface area (Å²) in [4.78, 5) is 32.3. The van der Waals surface area contributed by atoms with Crippen molar-refractivity contribution < 1.29 is 9.59 Å². The number of nitrogens with one attached hydrogen (secondary N) is 1. The topological polar surface area (TPSA) is 65.5 Å². The monoisotopic (exact) mass is 322 g/mol. The summed E-state index contributed by atoms with van der Waals surface area (Å²) >= 11 is 1.46. The van der Waals surface area contributed by atoms with E-state index in [4.69, 9.17) is 0 Å². The van der Waals surface area contributed by atoms with Gasteiger partial charge in [0, 0.05) is 37.5 Å². The number of carbonyl (C=O) groups excluding carboxylic acids is 2. The molecule has 22 heavy (non-hydrogen) atoms. The molecule has 0 aliphatic carbocycles. The molecule has 1 unspecified atom stereocenters. The molecule has 120 valence electrons. The minimum atomic E-state index is 0.129. The predicted molar refractivity (Wildman–Crippen MR) is 86.1 cm³/mol. The molecule has 0 saturated carbocycles. The number of hydrogen-bond donors (Lipinski definition) is 1. The van der Waals surface area contributed by atoms with Crippen molar-refractivity contribution in [3.8, 4) is 0 Å². The Morgan fingerprint density at radius 2 is 2.32 bits per heavy atom. The van der Waals surface area contributed by atoms with Gasteiger partial charge in [0.05, 0.1) is 12.1 Å². The lowest BCUT2D eigenvalue weighted by atomic mass is 10.1. The number of aromatic nitrogens is 1. The number of hydrogen-bond acceptors (Lipinski definition) is 5. The Hall–Kier alpha value is -1.47. The van der Waals surface area contributed by atoms with E-state index in [1.807, 2.05) is 17.3 Å². The lowest BCUT2D eigenvalue weighted by Crippen LogP contribution is -2.47. The number of carbonyl (C=O) groups is 2. The summed E-state index contributed by atoms with van der Waals surface area (Å²) in [6, 6.07) is 0.394. The van der Waals surface area contributed by atoms with Gasteiger partial charge in [0.1, 0.15) is 0 Å². The van der Waals surface area contributed by atoms with Crippen LogP contribution in [0.4, 0.5) is 5.13 Å². The molecule has 1 aromatic heterocycles. The molecular formula is C15H22N4O2S. The number of nitrogens with zero attached hydrogens (tertiary/aromatic N) is 3. The molecule has 2 aliphatic heterocycles. The maximum Gasteiger partial charge on any atom is 0.228 e. The van der Waals surface area contributed by atoms with Crippen LogP contribution in [0.1, 0.15) is 31.4 Å². The van der Waals surface area contributed by atoms with E-state index in [1.165, 1.54) is 11.3 Å². The molecule has 1 aromatic rings. The highest BCUT2D eigenvalue weighted by molar-refractivity contribution is 7.14. The standard InChI is InChI=1S/C15H22N4O2S/c1-16-11-4-2-6-18(9-11)14(21)8-12-10-22-15(17-12)19-7-3-5-13(19)20/h10-11,16H,2-9H2,1H3. The first kappa shape index (κ1) is 15.4. The normalized spacial score (nSPS) is 22.4. The van der Waals surface area contributed by atoms with Crippen LogP contribution in [0.3, 0.4) is 0 Å². The molecule has 1 atom stereocenters. The van der Waals surface area contributed by atoms with Crippen LogP contribution in [0.5, 0.6) is 0 Å². The smallest absolute Gasteiger partial charge is 0.228 e. The molecule has 1 N–H and O–H groups in total. The van der Waals surface area contributed by atoms with E-state index < -0.39 is 0 Å². The van der Waals surface area contributed by atoms with Gasteiger partial charge in [-0.1, -0.05) is 0 Å². The van der Waals surface area contributed by atoms with Crippen LogP contribution in [0.25, 0.3) is 0 Å². The summed E-state index contributed by atoms with van der Waals surface area (Å²) < 4.78 is 0. The highest BCUT2D eigenvalue weighted by Crippen LogP contribution is 2.25. The number of rotatable bonds is 4. The molecule has 2 saturated heterocycles. The van der Waals surface area contributed by atoms with Crippen molar-refractivity contribution in [2.75, 3.05) is 31.6 Å². The van der Waals surface area contributed by atoms with Gasteiger partial charge in [-0.2, -0.15) is 0 Å². The van der Waals surface area contributed by atoms with Gasteiger partial charge in [-0.25, -0.2) is 4.98 Å². The molecule has 0 aromatic carbocycles. The first-order valence-corrected chi connectivity index (χ1v) is 8.75. The number of likely N-dealkylation sites (tertiary alicyclic amines) is 1. The van der Waals surface area contributed by atoms with Crippen molar-refractivity contribution >= 4 is 28.3 Å². The quantitative estimate of drug-likeness (QED) is 0.899. The lowest BCUT2D eigenvalue weighted by Gasteiger charge is -2.32. The minimum Gasteiger partial charge on any atom is -0.341 e. The largest absolute Gasteiger partial charge is 0.341 e. The Bertz CT molecular complexity index is 559. The van der Waals surface area contributed by atoms with Crippen molar-refractivity contribution in [3.63, 3.8) is 0 Å². The molecule has 0 spiro atoms. The molecule has 0 radical (unpaired) electrons. The van der Waals surface area contributed by atoms with E-state index in [9.17, 15) is 9.59 Å². The van der Waals surface area contributed by atoms with Gasteiger partial charge in [0.25, 0.3) is 0 Å². The van der Waals surface area contributed by atoms with Crippen LogP contribution < -0.4 is 10.2 Å². The van der Waals surface area contributed by atoms with Crippen LogP contribution >= 0.6 is 11.3 Å². The van der Waals surface area contributed by atoms with Crippen LogP contribution in [0, 0.1) is 0 Å². The minimum absolute atomic E-state index is 0.129. The Labute approximate surface area is 134 Å². The van der Waals surface area contributed by atoms with Gasteiger partial charge in [-0.05, 0) is 26.3 Å². The van der Waals surface area contributed by atoms with Gasteiger partial charge < -0.3 is 10.2 Å². The van der Waals surface area contributed by atoms with Gasteiger partial charge in [0.15, 0.2) is 5.13 Å². The Balaban J connectivity index is 1.60. The second-order valence-corrected chi connectivity index (χ2v) is 6.75. The summed E-state index contributed by atoms with van der Waals surface area (Å²) in [6.07, 6.45) is 3.99. The van der Waals surface area contributed by atoms with Crippen molar-refractivity contribution in [2.45, 2.75) is 38.1 Å². The zero-order valence-electron chi connectivity index (χ0n) is 12.9. The van der Waals surface area contributed by atoms with E-state index in [1.54, 1.807) is 4.90 Å². The maximum atomic E-state index is 12.4. The number of piperidine rings is 1. The van der Waals surface area contributed by atoms with Crippen LogP contribution in [0.2, 0.25) is 0 Å². The van der Waals surface area contributed by atoms with Crippen molar-refractivity contribution in [2.24, 2.45) is 0 Å². The SMILES string of the molecule is CNC1CCCN(C(=O)Cc2csc(N3CCCC3=O)n2)C1. The van der Waals surface area contributed by atoms with Crippen LogP contribution in [-0.4, -0.2) is 54.4 Å². The van der Waals surface area contributed by atoms with Crippen LogP contribution in [0.15, 0.2) is 5.38 Å². The number of amides is 2. The Kier molecular flexibility index (Phi) is 4.73. The number of anilines is 1. The average molecular weight is 322 g/mol. The van der Waals surface area contributed by atoms with E-state index in [-0.39, 0.29) is 11.8 Å². The molecule has 3 heterocycles. The van der Waals surface area contributed by atoms with Gasteiger partial charge >= 0.3 is 0 Å². The van der Waals surface area contributed by atoms with Gasteiger partial charge in [0.2, 0.25) is 11.8 Å². The first-order chi connectivity index (χ1) is 10.7. The molecule has 6 nitrogen and oxygen atoms in total. The third kappa shape index (κ3) is 3.30. The van der Waals surface area contributed by atoms with Gasteiger partial charge in [-0.15, -0.1) is 11.3 Å². The fraction of sp³-hybridized carbons (Fsp3) is 0.667. The van der Waals surface area contributed by atoms with Crippen molar-refractivity contribution in [1.82, 2.24) is 15.2 Å². The molecule has 2 amide bonds.